The molecule has 0 spiro atoms. The number of nitrogens with zero attached hydrogens (tertiary/aromatic N) is 1. The third-order valence-corrected chi connectivity index (χ3v) is 5.46. The van der Waals surface area contributed by atoms with E-state index in [1.54, 1.807) is 42.5 Å². The predicted molar refractivity (Wildman–Crippen MR) is 116 cm³/mol. The summed E-state index contributed by atoms with van der Waals surface area (Å²) < 4.78 is 1.40. The van der Waals surface area contributed by atoms with Gasteiger partial charge in [0, 0.05) is 35.0 Å². The van der Waals surface area contributed by atoms with Gasteiger partial charge < -0.3 is 5.32 Å². The normalized spacial score (nSPS) is 11.6. The van der Waals surface area contributed by atoms with Gasteiger partial charge in [0.2, 0.25) is 5.91 Å². The molecule has 152 valence electrons. The maximum absolute atomic E-state index is 12.4. The minimum Gasteiger partial charge on any atom is -0.355 e. The Hall–Kier alpha value is -2.57. The molecule has 29 heavy (non-hydrogen) atoms. The molecule has 0 radical (unpaired) electrons. The summed E-state index contributed by atoms with van der Waals surface area (Å²) in [6, 6.07) is 12.1. The van der Waals surface area contributed by atoms with Crippen LogP contribution in [0.25, 0.3) is 10.9 Å². The number of aromatic amines is 1. The second-order valence-corrected chi connectivity index (χ2v) is 8.25. The number of H-pyrrole nitrogens is 1. The number of aryl methyl sites for hydroxylation is 1. The van der Waals surface area contributed by atoms with Gasteiger partial charge in [-0.15, -0.1) is 0 Å². The van der Waals surface area contributed by atoms with E-state index in [-0.39, 0.29) is 18.9 Å². The molecule has 0 aliphatic carbocycles. The molecule has 3 rings (SSSR count). The fourth-order valence-corrected chi connectivity index (χ4v) is 4.23. The summed E-state index contributed by atoms with van der Waals surface area (Å²) in [5.74, 6) is -0.219. The average Bonchev–Trinajstić information content (AvgIpc) is 2.66. The molecule has 2 aromatic carbocycles. The molecule has 0 atom stereocenters. The van der Waals surface area contributed by atoms with Crippen LogP contribution in [0.2, 0.25) is 10.0 Å². The van der Waals surface area contributed by atoms with Crippen LogP contribution in [0.15, 0.2) is 52.1 Å². The minimum atomic E-state index is -0.537. The van der Waals surface area contributed by atoms with Crippen LogP contribution in [-0.2, 0) is 16.8 Å². The smallest absolute Gasteiger partial charge is 0.328 e. The number of hydrogen-bond donors (Lipinski definition) is 2. The molecular formula is C21H21Cl2N3O3. The number of hydrogen-bond acceptors (Lipinski definition) is 3. The van der Waals surface area contributed by atoms with Gasteiger partial charge in [-0.2, -0.15) is 0 Å². The minimum absolute atomic E-state index is 0.0856. The van der Waals surface area contributed by atoms with Crippen molar-refractivity contribution in [3.63, 3.8) is 0 Å². The number of benzene rings is 2. The molecule has 8 heteroatoms. The summed E-state index contributed by atoms with van der Waals surface area (Å²) in [5, 5.41) is 4.38. The summed E-state index contributed by atoms with van der Waals surface area (Å²) in [6.45, 7) is 4.37. The van der Waals surface area contributed by atoms with Crippen LogP contribution < -0.4 is 16.6 Å². The average molecular weight is 434 g/mol. The van der Waals surface area contributed by atoms with Crippen molar-refractivity contribution in [2.24, 2.45) is 0 Å². The third-order valence-electron chi connectivity index (χ3n) is 4.83. The van der Waals surface area contributed by atoms with Crippen molar-refractivity contribution in [3.05, 3.63) is 78.9 Å². The van der Waals surface area contributed by atoms with Crippen LogP contribution in [0.4, 0.5) is 0 Å². The van der Waals surface area contributed by atoms with Gasteiger partial charge in [0.05, 0.1) is 10.9 Å². The lowest BCUT2D eigenvalue weighted by Gasteiger charge is -2.27. The van der Waals surface area contributed by atoms with E-state index in [2.05, 4.69) is 10.3 Å². The van der Waals surface area contributed by atoms with Gasteiger partial charge in [0.1, 0.15) is 0 Å². The molecule has 0 bridgehead atoms. The van der Waals surface area contributed by atoms with E-state index < -0.39 is 16.7 Å². The predicted octanol–water partition coefficient (Wildman–Crippen LogP) is 3.48. The maximum Gasteiger partial charge on any atom is 0.328 e. The summed E-state index contributed by atoms with van der Waals surface area (Å²) >= 11 is 12.6. The Morgan fingerprint density at radius 3 is 2.41 bits per heavy atom. The zero-order valence-electron chi connectivity index (χ0n) is 16.1. The fraction of sp³-hybridized carbons (Fsp3) is 0.286. The fourth-order valence-electron chi connectivity index (χ4n) is 3.32. The maximum atomic E-state index is 12.4. The molecule has 0 fully saturated rings. The molecule has 1 aromatic heterocycles. The van der Waals surface area contributed by atoms with Crippen molar-refractivity contribution >= 4 is 40.0 Å². The Morgan fingerprint density at radius 1 is 1.07 bits per heavy atom. The van der Waals surface area contributed by atoms with E-state index in [0.29, 0.717) is 27.5 Å². The van der Waals surface area contributed by atoms with Crippen LogP contribution in [0.3, 0.4) is 0 Å². The second-order valence-electron chi connectivity index (χ2n) is 7.44. The van der Waals surface area contributed by atoms with Crippen molar-refractivity contribution in [3.8, 4) is 0 Å². The topological polar surface area (TPSA) is 84.0 Å². The van der Waals surface area contributed by atoms with Gasteiger partial charge >= 0.3 is 5.69 Å². The Balaban J connectivity index is 1.71. The van der Waals surface area contributed by atoms with Crippen LogP contribution in [0.1, 0.15) is 25.8 Å². The Bertz CT molecular complexity index is 1160. The molecule has 0 aliphatic heterocycles. The molecule has 6 nitrogen and oxygen atoms in total. The highest BCUT2D eigenvalue weighted by molar-refractivity contribution is 6.36. The molecule has 0 unspecified atom stereocenters. The molecular weight excluding hydrogens is 413 g/mol. The molecule has 0 saturated carbocycles. The second kappa shape index (κ2) is 8.43. The van der Waals surface area contributed by atoms with E-state index in [1.165, 1.54) is 4.57 Å². The molecule has 3 aromatic rings. The first-order valence-corrected chi connectivity index (χ1v) is 9.89. The van der Waals surface area contributed by atoms with Crippen LogP contribution in [0.5, 0.6) is 0 Å². The number of carbonyl (C=O) groups is 1. The van der Waals surface area contributed by atoms with Gasteiger partial charge in [-0.3, -0.25) is 19.1 Å². The van der Waals surface area contributed by atoms with E-state index in [9.17, 15) is 14.4 Å². The van der Waals surface area contributed by atoms with E-state index in [1.807, 2.05) is 13.8 Å². The van der Waals surface area contributed by atoms with Crippen molar-refractivity contribution in [1.82, 2.24) is 14.9 Å². The van der Waals surface area contributed by atoms with Crippen LogP contribution in [0, 0.1) is 0 Å². The Kier molecular flexibility index (Phi) is 6.15. The summed E-state index contributed by atoms with van der Waals surface area (Å²) in [5.41, 5.74) is -0.190. The number of rotatable bonds is 6. The van der Waals surface area contributed by atoms with Gasteiger partial charge in [-0.1, -0.05) is 55.2 Å². The van der Waals surface area contributed by atoms with Crippen LogP contribution >= 0.6 is 23.2 Å². The van der Waals surface area contributed by atoms with Crippen LogP contribution in [-0.4, -0.2) is 22.0 Å². The molecule has 1 heterocycles. The van der Waals surface area contributed by atoms with Gasteiger partial charge in [-0.05, 0) is 29.8 Å². The van der Waals surface area contributed by atoms with E-state index >= 15 is 0 Å². The number of amides is 1. The lowest BCUT2D eigenvalue weighted by Crippen LogP contribution is -2.38. The van der Waals surface area contributed by atoms with Gasteiger partial charge in [-0.25, -0.2) is 4.79 Å². The highest BCUT2D eigenvalue weighted by atomic mass is 35.5. The lowest BCUT2D eigenvalue weighted by atomic mass is 9.84. The number of fused-ring (bicyclic) bond motifs is 1. The Morgan fingerprint density at radius 2 is 1.72 bits per heavy atom. The lowest BCUT2D eigenvalue weighted by molar-refractivity contribution is -0.121. The monoisotopic (exact) mass is 433 g/mol. The zero-order chi connectivity index (χ0) is 21.2. The van der Waals surface area contributed by atoms with Crippen molar-refractivity contribution in [1.29, 1.82) is 0 Å². The summed E-state index contributed by atoms with van der Waals surface area (Å²) in [4.78, 5) is 38.8. The first-order valence-electron chi connectivity index (χ1n) is 9.14. The Labute approximate surface area is 177 Å². The number of aromatic nitrogens is 2. The highest BCUT2D eigenvalue weighted by Crippen LogP contribution is 2.35. The van der Waals surface area contributed by atoms with Crippen molar-refractivity contribution < 1.29 is 4.79 Å². The van der Waals surface area contributed by atoms with E-state index in [4.69, 9.17) is 23.2 Å². The van der Waals surface area contributed by atoms with E-state index in [0.717, 1.165) is 5.56 Å². The molecule has 0 saturated heterocycles. The first kappa shape index (κ1) is 21.1. The van der Waals surface area contributed by atoms with Gasteiger partial charge in [0.15, 0.2) is 0 Å². The third kappa shape index (κ3) is 4.54. The molecule has 0 aliphatic rings. The molecule has 2 N–H and O–H groups in total. The largest absolute Gasteiger partial charge is 0.355 e. The number of carbonyl (C=O) groups excluding carboxylic acids is 1. The number of para-hydroxylation sites is 1. The number of halogens is 2. The SMILES string of the molecule is CC(C)(CNC(=O)CCn1c(=O)[nH]c(=O)c2ccccc21)c1c(Cl)cccc1Cl. The number of nitrogens with one attached hydrogen (secondary N) is 2. The van der Waals surface area contributed by atoms with Crippen molar-refractivity contribution in [2.75, 3.05) is 6.54 Å². The summed E-state index contributed by atoms with van der Waals surface area (Å²) in [6.07, 6.45) is 0.0856. The molecule has 1 amide bonds. The first-order chi connectivity index (χ1) is 13.7. The summed E-state index contributed by atoms with van der Waals surface area (Å²) in [7, 11) is 0. The zero-order valence-corrected chi connectivity index (χ0v) is 17.6. The standard InChI is InChI=1S/C21H21Cl2N3O3/c1-21(2,18-14(22)7-5-8-15(18)23)12-24-17(27)10-11-26-16-9-4-3-6-13(16)19(28)25-20(26)29/h3-9H,10-12H2,1-2H3,(H,24,27)(H,25,28,29). The van der Waals surface area contributed by atoms with Crippen molar-refractivity contribution in [2.45, 2.75) is 32.2 Å². The van der Waals surface area contributed by atoms with Gasteiger partial charge in [0.25, 0.3) is 5.56 Å². The highest BCUT2D eigenvalue weighted by Gasteiger charge is 2.26. The quantitative estimate of drug-likeness (QED) is 0.623.